The standard InChI is InChI=1S/C18H18N6O2S/c25-16(17-22-23-18(26-17)21-13-4-2-1-3-5-13)20-14-6-7-15(19-12-14)24-8-10-27-11-9-24/h1-7,12H,8-11H2,(H,20,25)(H,21,23). The summed E-state index contributed by atoms with van der Waals surface area (Å²) in [5.74, 6) is 2.53. The topological polar surface area (TPSA) is 96.2 Å². The molecule has 1 fully saturated rings. The number of aromatic nitrogens is 3. The third-order valence-electron chi connectivity index (χ3n) is 3.99. The Labute approximate surface area is 160 Å². The fourth-order valence-electron chi connectivity index (χ4n) is 2.63. The van der Waals surface area contributed by atoms with E-state index < -0.39 is 5.91 Å². The van der Waals surface area contributed by atoms with E-state index in [2.05, 4.69) is 30.7 Å². The van der Waals surface area contributed by atoms with E-state index in [1.54, 1.807) is 6.20 Å². The van der Waals surface area contributed by atoms with Gasteiger partial charge in [0, 0.05) is 30.3 Å². The Bertz CT molecular complexity index is 894. The van der Waals surface area contributed by atoms with Crippen LogP contribution in [0.25, 0.3) is 0 Å². The normalized spacial score (nSPS) is 14.0. The highest BCUT2D eigenvalue weighted by Crippen LogP contribution is 2.19. The zero-order chi connectivity index (χ0) is 18.5. The molecule has 3 heterocycles. The summed E-state index contributed by atoms with van der Waals surface area (Å²) in [6.07, 6.45) is 1.63. The monoisotopic (exact) mass is 382 g/mol. The molecule has 9 heteroatoms. The molecule has 0 atom stereocenters. The van der Waals surface area contributed by atoms with Gasteiger partial charge < -0.3 is 20.0 Å². The van der Waals surface area contributed by atoms with Gasteiger partial charge in [-0.15, -0.1) is 5.10 Å². The van der Waals surface area contributed by atoms with Crippen molar-refractivity contribution >= 4 is 40.9 Å². The van der Waals surface area contributed by atoms with E-state index in [1.165, 1.54) is 0 Å². The Kier molecular flexibility index (Phi) is 5.20. The minimum atomic E-state index is -0.479. The molecule has 138 valence electrons. The molecule has 1 amide bonds. The molecule has 0 aliphatic carbocycles. The maximum absolute atomic E-state index is 12.3. The van der Waals surface area contributed by atoms with E-state index >= 15 is 0 Å². The molecule has 8 nitrogen and oxygen atoms in total. The Morgan fingerprint density at radius 3 is 2.59 bits per heavy atom. The van der Waals surface area contributed by atoms with Crippen molar-refractivity contribution in [2.45, 2.75) is 0 Å². The summed E-state index contributed by atoms with van der Waals surface area (Å²) in [6, 6.07) is 13.3. The number of anilines is 4. The van der Waals surface area contributed by atoms with E-state index in [-0.39, 0.29) is 11.9 Å². The minimum Gasteiger partial charge on any atom is -0.399 e. The number of pyridine rings is 1. The number of hydrogen-bond acceptors (Lipinski definition) is 8. The summed E-state index contributed by atoms with van der Waals surface area (Å²) in [4.78, 5) is 19.0. The van der Waals surface area contributed by atoms with Crippen LogP contribution in [0.3, 0.4) is 0 Å². The predicted octanol–water partition coefficient (Wildman–Crippen LogP) is 3.01. The zero-order valence-electron chi connectivity index (χ0n) is 14.5. The molecule has 1 aliphatic rings. The van der Waals surface area contributed by atoms with Crippen molar-refractivity contribution in [3.63, 3.8) is 0 Å². The smallest absolute Gasteiger partial charge is 0.320 e. The third kappa shape index (κ3) is 4.37. The average Bonchev–Trinajstić information content (AvgIpc) is 3.19. The Morgan fingerprint density at radius 2 is 1.85 bits per heavy atom. The maximum Gasteiger partial charge on any atom is 0.320 e. The number of benzene rings is 1. The van der Waals surface area contributed by atoms with Crippen molar-refractivity contribution in [2.75, 3.05) is 40.1 Å². The van der Waals surface area contributed by atoms with Crippen molar-refractivity contribution < 1.29 is 9.21 Å². The first-order chi connectivity index (χ1) is 13.3. The second-order valence-electron chi connectivity index (χ2n) is 5.86. The van der Waals surface area contributed by atoms with Gasteiger partial charge in [-0.1, -0.05) is 23.3 Å². The number of carbonyl (C=O) groups is 1. The van der Waals surface area contributed by atoms with Crippen molar-refractivity contribution in [2.24, 2.45) is 0 Å². The summed E-state index contributed by atoms with van der Waals surface area (Å²) >= 11 is 1.95. The molecular formula is C18H18N6O2S. The largest absolute Gasteiger partial charge is 0.399 e. The summed E-state index contributed by atoms with van der Waals surface area (Å²) in [5, 5.41) is 13.3. The fourth-order valence-corrected chi connectivity index (χ4v) is 3.54. The first-order valence-corrected chi connectivity index (χ1v) is 9.69. The number of thioether (sulfide) groups is 1. The van der Waals surface area contributed by atoms with Crippen LogP contribution in [0.4, 0.5) is 23.2 Å². The average molecular weight is 382 g/mol. The lowest BCUT2D eigenvalue weighted by Gasteiger charge is -2.27. The maximum atomic E-state index is 12.3. The molecule has 0 bridgehead atoms. The van der Waals surface area contributed by atoms with Crippen LogP contribution in [-0.4, -0.2) is 45.7 Å². The lowest BCUT2D eigenvalue weighted by molar-refractivity contribution is 0.0991. The first-order valence-electron chi connectivity index (χ1n) is 8.53. The number of nitrogens with zero attached hydrogens (tertiary/aromatic N) is 4. The molecule has 0 radical (unpaired) electrons. The van der Waals surface area contributed by atoms with Crippen LogP contribution < -0.4 is 15.5 Å². The molecule has 3 aromatic rings. The van der Waals surface area contributed by atoms with E-state index in [0.717, 1.165) is 36.1 Å². The highest BCUT2D eigenvalue weighted by molar-refractivity contribution is 7.99. The molecule has 2 aromatic heterocycles. The lowest BCUT2D eigenvalue weighted by atomic mass is 10.3. The second-order valence-corrected chi connectivity index (χ2v) is 7.09. The number of hydrogen-bond donors (Lipinski definition) is 2. The van der Waals surface area contributed by atoms with Crippen molar-refractivity contribution in [3.8, 4) is 0 Å². The Morgan fingerprint density at radius 1 is 1.04 bits per heavy atom. The molecule has 1 aromatic carbocycles. The molecule has 0 unspecified atom stereocenters. The summed E-state index contributed by atoms with van der Waals surface area (Å²) < 4.78 is 5.36. The molecular weight excluding hydrogens is 364 g/mol. The molecule has 27 heavy (non-hydrogen) atoms. The number of nitrogens with one attached hydrogen (secondary N) is 2. The van der Waals surface area contributed by atoms with Crippen molar-refractivity contribution in [3.05, 3.63) is 54.6 Å². The number of carbonyl (C=O) groups excluding carboxylic acids is 1. The van der Waals surface area contributed by atoms with Gasteiger partial charge in [-0.25, -0.2) is 4.98 Å². The van der Waals surface area contributed by atoms with E-state index in [4.69, 9.17) is 4.42 Å². The van der Waals surface area contributed by atoms with Crippen LogP contribution in [-0.2, 0) is 0 Å². The predicted molar refractivity (Wildman–Crippen MR) is 106 cm³/mol. The lowest BCUT2D eigenvalue weighted by Crippen LogP contribution is -2.33. The zero-order valence-corrected chi connectivity index (χ0v) is 15.3. The summed E-state index contributed by atoms with van der Waals surface area (Å²) in [7, 11) is 0. The van der Waals surface area contributed by atoms with E-state index in [1.807, 2.05) is 54.2 Å². The van der Waals surface area contributed by atoms with Crippen LogP contribution in [0.15, 0.2) is 53.1 Å². The highest BCUT2D eigenvalue weighted by atomic mass is 32.2. The van der Waals surface area contributed by atoms with Gasteiger partial charge in [-0.2, -0.15) is 11.8 Å². The first kappa shape index (κ1) is 17.3. The quantitative estimate of drug-likeness (QED) is 0.695. The molecule has 0 spiro atoms. The number of rotatable bonds is 5. The number of amides is 1. The van der Waals surface area contributed by atoms with Gasteiger partial charge in [0.15, 0.2) is 0 Å². The summed E-state index contributed by atoms with van der Waals surface area (Å²) in [5.41, 5.74) is 1.37. The van der Waals surface area contributed by atoms with Gasteiger partial charge in [-0.05, 0) is 24.3 Å². The third-order valence-corrected chi connectivity index (χ3v) is 4.93. The molecule has 1 saturated heterocycles. The van der Waals surface area contributed by atoms with Crippen LogP contribution in [0.2, 0.25) is 0 Å². The second kappa shape index (κ2) is 8.09. The summed E-state index contributed by atoms with van der Waals surface area (Å²) in [6.45, 7) is 1.98. The van der Waals surface area contributed by atoms with Crippen LogP contribution in [0, 0.1) is 0 Å². The van der Waals surface area contributed by atoms with Crippen LogP contribution in [0.5, 0.6) is 0 Å². The minimum absolute atomic E-state index is 0.120. The fraction of sp³-hybridized carbons (Fsp3) is 0.222. The van der Waals surface area contributed by atoms with E-state index in [9.17, 15) is 4.79 Å². The molecule has 4 rings (SSSR count). The SMILES string of the molecule is O=C(Nc1ccc(N2CCSCC2)nc1)c1nnc(Nc2ccccc2)o1. The molecule has 1 aliphatic heterocycles. The van der Waals surface area contributed by atoms with Gasteiger partial charge in [0.1, 0.15) is 5.82 Å². The Balaban J connectivity index is 1.37. The van der Waals surface area contributed by atoms with Crippen LogP contribution in [0.1, 0.15) is 10.7 Å². The molecule has 0 saturated carbocycles. The highest BCUT2D eigenvalue weighted by Gasteiger charge is 2.16. The van der Waals surface area contributed by atoms with E-state index in [0.29, 0.717) is 5.69 Å². The molecule has 2 N–H and O–H groups in total. The number of para-hydroxylation sites is 1. The van der Waals surface area contributed by atoms with Gasteiger partial charge in [0.2, 0.25) is 0 Å². The van der Waals surface area contributed by atoms with Crippen molar-refractivity contribution in [1.82, 2.24) is 15.2 Å². The van der Waals surface area contributed by atoms with Crippen LogP contribution >= 0.6 is 11.8 Å². The van der Waals surface area contributed by atoms with Gasteiger partial charge >= 0.3 is 17.8 Å². The van der Waals surface area contributed by atoms with Gasteiger partial charge in [0.05, 0.1) is 11.9 Å². The van der Waals surface area contributed by atoms with Gasteiger partial charge in [-0.3, -0.25) is 4.79 Å². The Hall–Kier alpha value is -3.07. The van der Waals surface area contributed by atoms with Gasteiger partial charge in [0.25, 0.3) is 0 Å². The van der Waals surface area contributed by atoms with Crippen molar-refractivity contribution in [1.29, 1.82) is 0 Å².